The van der Waals surface area contributed by atoms with E-state index in [1.807, 2.05) is 17.9 Å². The second-order valence-corrected chi connectivity index (χ2v) is 9.50. The van der Waals surface area contributed by atoms with Crippen molar-refractivity contribution in [2.24, 2.45) is 12.0 Å². The van der Waals surface area contributed by atoms with Crippen LogP contribution < -0.4 is 5.32 Å². The zero-order chi connectivity index (χ0) is 21.7. The van der Waals surface area contributed by atoms with Gasteiger partial charge in [-0.3, -0.25) is 14.6 Å². The first-order valence-corrected chi connectivity index (χ1v) is 12.2. The van der Waals surface area contributed by atoms with E-state index in [1.54, 1.807) is 0 Å². The molecule has 0 saturated carbocycles. The number of rotatable bonds is 5. The molecule has 1 N–H and O–H groups in total. The molecule has 8 nitrogen and oxygen atoms in total. The summed E-state index contributed by atoms with van der Waals surface area (Å²) in [7, 11) is 4.21. The van der Waals surface area contributed by atoms with Crippen molar-refractivity contribution in [3.63, 3.8) is 0 Å². The minimum absolute atomic E-state index is 0.0469. The van der Waals surface area contributed by atoms with Crippen molar-refractivity contribution in [1.29, 1.82) is 0 Å². The fourth-order valence-electron chi connectivity index (χ4n) is 5.27. The number of hydrogen-bond donors (Lipinski definition) is 1. The first-order chi connectivity index (χ1) is 15.1. The van der Waals surface area contributed by atoms with Gasteiger partial charge in [-0.1, -0.05) is 6.42 Å². The molecule has 1 atom stereocenters. The first-order valence-electron chi connectivity index (χ1n) is 12.2. The highest BCUT2D eigenvalue weighted by molar-refractivity contribution is 5.80. The Morgan fingerprint density at radius 3 is 2.61 bits per heavy atom. The average molecular weight is 432 g/mol. The van der Waals surface area contributed by atoms with Gasteiger partial charge < -0.3 is 19.9 Å². The first kappa shape index (κ1) is 22.6. The second-order valence-electron chi connectivity index (χ2n) is 9.50. The number of aromatic nitrogens is 2. The van der Waals surface area contributed by atoms with Crippen LogP contribution in [-0.4, -0.2) is 102 Å². The van der Waals surface area contributed by atoms with Gasteiger partial charge in [-0.2, -0.15) is 5.10 Å². The third-order valence-electron chi connectivity index (χ3n) is 7.27. The lowest BCUT2D eigenvalue weighted by Crippen LogP contribution is -2.58. The van der Waals surface area contributed by atoms with Crippen molar-refractivity contribution in [1.82, 2.24) is 29.8 Å². The molecule has 0 amide bonds. The van der Waals surface area contributed by atoms with Gasteiger partial charge in [0.1, 0.15) is 6.10 Å². The molecule has 0 aromatic carbocycles. The van der Waals surface area contributed by atoms with Gasteiger partial charge in [0.05, 0.1) is 25.9 Å². The van der Waals surface area contributed by atoms with Crippen LogP contribution in [0.25, 0.3) is 0 Å². The van der Waals surface area contributed by atoms with Crippen molar-refractivity contribution < 1.29 is 4.74 Å². The van der Waals surface area contributed by atoms with Crippen molar-refractivity contribution in [2.75, 3.05) is 66.0 Å². The van der Waals surface area contributed by atoms with Crippen LogP contribution in [0.15, 0.2) is 17.4 Å². The summed E-state index contributed by atoms with van der Waals surface area (Å²) in [6.45, 7) is 11.1. The number of nitrogens with one attached hydrogen (secondary N) is 1. The molecule has 3 aliphatic heterocycles. The normalized spacial score (nSPS) is 26.2. The number of aliphatic imine (C=N–C) groups is 1. The number of aryl methyl sites for hydroxylation is 1. The summed E-state index contributed by atoms with van der Waals surface area (Å²) >= 11 is 0. The third kappa shape index (κ3) is 5.41. The summed E-state index contributed by atoms with van der Waals surface area (Å²) in [6, 6.07) is 0. The molecule has 174 valence electrons. The van der Waals surface area contributed by atoms with Crippen molar-refractivity contribution in [2.45, 2.75) is 50.7 Å². The van der Waals surface area contributed by atoms with Gasteiger partial charge in [0.25, 0.3) is 0 Å². The summed E-state index contributed by atoms with van der Waals surface area (Å²) in [5.74, 6) is 1.04. The van der Waals surface area contributed by atoms with Crippen LogP contribution in [0.4, 0.5) is 0 Å². The van der Waals surface area contributed by atoms with E-state index in [9.17, 15) is 0 Å². The Balaban J connectivity index is 1.49. The molecule has 4 heterocycles. The summed E-state index contributed by atoms with van der Waals surface area (Å²) in [5, 5.41) is 7.89. The van der Waals surface area contributed by atoms with Gasteiger partial charge in [-0.05, 0) is 65.8 Å². The number of likely N-dealkylation sites (tertiary alicyclic amines) is 2. The van der Waals surface area contributed by atoms with Gasteiger partial charge in [0.2, 0.25) is 0 Å². The van der Waals surface area contributed by atoms with E-state index in [2.05, 4.69) is 45.3 Å². The Morgan fingerprint density at radius 2 is 1.94 bits per heavy atom. The summed E-state index contributed by atoms with van der Waals surface area (Å²) in [5.41, 5.74) is 1.35. The number of morpholine rings is 1. The van der Waals surface area contributed by atoms with Crippen LogP contribution in [0.5, 0.6) is 0 Å². The average Bonchev–Trinajstić information content (AvgIpc) is 3.25. The quantitative estimate of drug-likeness (QED) is 0.566. The number of ether oxygens (including phenoxy) is 1. The highest BCUT2D eigenvalue weighted by Crippen LogP contribution is 2.32. The van der Waals surface area contributed by atoms with E-state index in [1.165, 1.54) is 58.3 Å². The van der Waals surface area contributed by atoms with E-state index < -0.39 is 0 Å². The molecule has 0 aliphatic carbocycles. The standard InChI is InChI=1S/C23H41N7O/c1-4-24-22(29-14-15-31-21(18-29)20-16-26-28(3)17-20)25-19-23(8-12-27(2)13-9-23)30-10-6-5-7-11-30/h16-17,21H,4-15,18-19H2,1-3H3,(H,24,25). The Morgan fingerprint density at radius 1 is 1.16 bits per heavy atom. The molecule has 3 aliphatic rings. The Bertz CT molecular complexity index is 719. The molecule has 3 saturated heterocycles. The lowest BCUT2D eigenvalue weighted by atomic mass is 9.84. The van der Waals surface area contributed by atoms with E-state index in [4.69, 9.17) is 9.73 Å². The van der Waals surface area contributed by atoms with Crippen molar-refractivity contribution >= 4 is 5.96 Å². The predicted octanol–water partition coefficient (Wildman–Crippen LogP) is 1.71. The molecule has 0 spiro atoms. The summed E-state index contributed by atoms with van der Waals surface area (Å²) in [4.78, 5) is 12.9. The van der Waals surface area contributed by atoms with E-state index in [-0.39, 0.29) is 11.6 Å². The Hall–Kier alpha value is -1.64. The molecule has 0 radical (unpaired) electrons. The van der Waals surface area contributed by atoms with E-state index >= 15 is 0 Å². The number of nitrogens with zero attached hydrogens (tertiary/aromatic N) is 6. The highest BCUT2D eigenvalue weighted by atomic mass is 16.5. The number of piperidine rings is 2. The maximum absolute atomic E-state index is 6.07. The van der Waals surface area contributed by atoms with Crippen LogP contribution in [0, 0.1) is 0 Å². The molecule has 1 aromatic heterocycles. The minimum atomic E-state index is 0.0469. The molecule has 4 rings (SSSR count). The fourth-order valence-corrected chi connectivity index (χ4v) is 5.27. The molecular formula is C23H41N7O. The predicted molar refractivity (Wildman–Crippen MR) is 124 cm³/mol. The fraction of sp³-hybridized carbons (Fsp3) is 0.826. The highest BCUT2D eigenvalue weighted by Gasteiger charge is 2.40. The maximum Gasteiger partial charge on any atom is 0.194 e. The maximum atomic E-state index is 6.07. The van der Waals surface area contributed by atoms with Gasteiger partial charge >= 0.3 is 0 Å². The largest absolute Gasteiger partial charge is 0.370 e. The van der Waals surface area contributed by atoms with Crippen LogP contribution in [-0.2, 0) is 11.8 Å². The topological polar surface area (TPSA) is 61.2 Å². The molecule has 3 fully saturated rings. The molecule has 8 heteroatoms. The van der Waals surface area contributed by atoms with Gasteiger partial charge in [0.15, 0.2) is 5.96 Å². The number of guanidine groups is 1. The second kappa shape index (κ2) is 10.3. The molecule has 31 heavy (non-hydrogen) atoms. The SMILES string of the molecule is CCNC(=NCC1(N2CCCCC2)CCN(C)CC1)N1CCOC(c2cnn(C)c2)C1. The Kier molecular flexibility index (Phi) is 7.51. The minimum Gasteiger partial charge on any atom is -0.370 e. The molecule has 0 bridgehead atoms. The van der Waals surface area contributed by atoms with Gasteiger partial charge in [-0.25, -0.2) is 0 Å². The third-order valence-corrected chi connectivity index (χ3v) is 7.27. The van der Waals surface area contributed by atoms with Crippen LogP contribution >= 0.6 is 0 Å². The van der Waals surface area contributed by atoms with Crippen LogP contribution in [0.1, 0.15) is 50.7 Å². The lowest BCUT2D eigenvalue weighted by Gasteiger charge is -2.49. The van der Waals surface area contributed by atoms with E-state index in [0.717, 1.165) is 37.7 Å². The van der Waals surface area contributed by atoms with Crippen molar-refractivity contribution in [3.8, 4) is 0 Å². The zero-order valence-corrected chi connectivity index (χ0v) is 19.7. The zero-order valence-electron chi connectivity index (χ0n) is 19.7. The van der Waals surface area contributed by atoms with Crippen LogP contribution in [0.3, 0.4) is 0 Å². The number of hydrogen-bond acceptors (Lipinski definition) is 5. The monoisotopic (exact) mass is 431 g/mol. The molecular weight excluding hydrogens is 390 g/mol. The lowest BCUT2D eigenvalue weighted by molar-refractivity contribution is -0.00858. The Labute approximate surface area is 187 Å². The smallest absolute Gasteiger partial charge is 0.194 e. The summed E-state index contributed by atoms with van der Waals surface area (Å²) in [6.07, 6.45) is 10.5. The summed E-state index contributed by atoms with van der Waals surface area (Å²) < 4.78 is 7.91. The van der Waals surface area contributed by atoms with Gasteiger partial charge in [0, 0.05) is 37.4 Å². The van der Waals surface area contributed by atoms with Crippen molar-refractivity contribution in [3.05, 3.63) is 18.0 Å². The van der Waals surface area contributed by atoms with Gasteiger partial charge in [-0.15, -0.1) is 0 Å². The van der Waals surface area contributed by atoms with Crippen LogP contribution in [0.2, 0.25) is 0 Å². The molecule has 1 unspecified atom stereocenters. The molecule has 1 aromatic rings. The van der Waals surface area contributed by atoms with E-state index in [0.29, 0.717) is 6.61 Å².